The molecule has 0 aliphatic rings. The van der Waals surface area contributed by atoms with E-state index in [0.29, 0.717) is 29.1 Å². The maximum atomic E-state index is 13.3. The zero-order valence-electron chi connectivity index (χ0n) is 15.9. The SMILES string of the molecule is COc1ccc(C(=O)Nc2nc(CC(=O)Nc3ccc(F)c(C(F)(F)F)c3)cs2)cc1. The highest BCUT2D eigenvalue weighted by atomic mass is 32.1. The van der Waals surface area contributed by atoms with E-state index in [1.807, 2.05) is 0 Å². The third-order valence-electron chi connectivity index (χ3n) is 4.02. The summed E-state index contributed by atoms with van der Waals surface area (Å²) in [6.45, 7) is 0. The Labute approximate surface area is 177 Å². The number of benzene rings is 2. The Hall–Kier alpha value is -3.47. The molecule has 1 aromatic heterocycles. The van der Waals surface area contributed by atoms with E-state index < -0.39 is 29.4 Å². The highest BCUT2D eigenvalue weighted by molar-refractivity contribution is 7.14. The smallest absolute Gasteiger partial charge is 0.419 e. The molecule has 3 aromatic rings. The van der Waals surface area contributed by atoms with Crippen LogP contribution in [0.25, 0.3) is 0 Å². The van der Waals surface area contributed by atoms with Crippen molar-refractivity contribution < 1.29 is 31.9 Å². The van der Waals surface area contributed by atoms with Gasteiger partial charge in [0, 0.05) is 16.6 Å². The van der Waals surface area contributed by atoms with Crippen molar-refractivity contribution in [1.82, 2.24) is 4.98 Å². The molecule has 11 heteroatoms. The number of nitrogens with zero attached hydrogens (tertiary/aromatic N) is 1. The number of carbonyl (C=O) groups is 2. The van der Waals surface area contributed by atoms with Crippen molar-refractivity contribution in [3.63, 3.8) is 0 Å². The van der Waals surface area contributed by atoms with Crippen LogP contribution >= 0.6 is 11.3 Å². The fraction of sp³-hybridized carbons (Fsp3) is 0.150. The fourth-order valence-electron chi connectivity index (χ4n) is 2.55. The van der Waals surface area contributed by atoms with Crippen LogP contribution in [0.1, 0.15) is 21.6 Å². The van der Waals surface area contributed by atoms with Gasteiger partial charge in [-0.25, -0.2) is 9.37 Å². The van der Waals surface area contributed by atoms with Gasteiger partial charge in [-0.2, -0.15) is 13.2 Å². The van der Waals surface area contributed by atoms with E-state index in [1.165, 1.54) is 12.5 Å². The normalized spacial score (nSPS) is 11.1. The topological polar surface area (TPSA) is 80.3 Å². The third-order valence-corrected chi connectivity index (χ3v) is 4.83. The summed E-state index contributed by atoms with van der Waals surface area (Å²) in [6, 6.07) is 8.60. The maximum Gasteiger partial charge on any atom is 0.419 e. The van der Waals surface area contributed by atoms with E-state index >= 15 is 0 Å². The number of nitrogens with one attached hydrogen (secondary N) is 2. The largest absolute Gasteiger partial charge is 0.497 e. The van der Waals surface area contributed by atoms with Crippen LogP contribution in [0.5, 0.6) is 5.75 Å². The average Bonchev–Trinajstić information content (AvgIpc) is 3.15. The Morgan fingerprint density at radius 2 is 1.81 bits per heavy atom. The molecule has 0 atom stereocenters. The average molecular weight is 453 g/mol. The summed E-state index contributed by atoms with van der Waals surface area (Å²) < 4.78 is 56.7. The second-order valence-electron chi connectivity index (χ2n) is 6.24. The van der Waals surface area contributed by atoms with E-state index in [1.54, 1.807) is 24.3 Å². The zero-order chi connectivity index (χ0) is 22.6. The first kappa shape index (κ1) is 22.2. The highest BCUT2D eigenvalue weighted by Crippen LogP contribution is 2.33. The van der Waals surface area contributed by atoms with Crippen LogP contribution in [-0.4, -0.2) is 23.9 Å². The quantitative estimate of drug-likeness (QED) is 0.529. The first-order chi connectivity index (χ1) is 14.7. The number of thiazole rings is 1. The Morgan fingerprint density at radius 3 is 2.45 bits per heavy atom. The molecule has 0 bridgehead atoms. The van der Waals surface area contributed by atoms with Crippen LogP contribution in [-0.2, 0) is 17.4 Å². The summed E-state index contributed by atoms with van der Waals surface area (Å²) in [7, 11) is 1.51. The van der Waals surface area contributed by atoms with Gasteiger partial charge in [-0.05, 0) is 42.5 Å². The van der Waals surface area contributed by atoms with E-state index in [-0.39, 0.29) is 17.2 Å². The molecule has 0 fully saturated rings. The molecule has 2 aromatic carbocycles. The van der Waals surface area contributed by atoms with Crippen molar-refractivity contribution in [2.45, 2.75) is 12.6 Å². The minimum absolute atomic E-state index is 0.193. The van der Waals surface area contributed by atoms with E-state index in [9.17, 15) is 27.2 Å². The van der Waals surface area contributed by atoms with Gasteiger partial charge in [-0.15, -0.1) is 11.3 Å². The number of hydrogen-bond acceptors (Lipinski definition) is 5. The van der Waals surface area contributed by atoms with Gasteiger partial charge in [0.15, 0.2) is 5.13 Å². The van der Waals surface area contributed by atoms with Gasteiger partial charge < -0.3 is 10.1 Å². The number of halogens is 4. The lowest BCUT2D eigenvalue weighted by atomic mass is 10.1. The Kier molecular flexibility index (Phi) is 6.54. The Balaban J connectivity index is 1.60. The van der Waals surface area contributed by atoms with Gasteiger partial charge in [0.25, 0.3) is 5.91 Å². The molecule has 162 valence electrons. The van der Waals surface area contributed by atoms with Gasteiger partial charge >= 0.3 is 6.18 Å². The first-order valence-corrected chi connectivity index (χ1v) is 9.60. The number of carbonyl (C=O) groups excluding carboxylic acids is 2. The van der Waals surface area contributed by atoms with Gasteiger partial charge in [-0.1, -0.05) is 0 Å². The number of anilines is 2. The van der Waals surface area contributed by atoms with Crippen LogP contribution in [0.15, 0.2) is 47.8 Å². The van der Waals surface area contributed by atoms with Gasteiger partial charge in [0.2, 0.25) is 5.91 Å². The van der Waals surface area contributed by atoms with Crippen molar-refractivity contribution in [3.05, 3.63) is 70.5 Å². The molecule has 0 saturated heterocycles. The lowest BCUT2D eigenvalue weighted by Gasteiger charge is -2.10. The van der Waals surface area contributed by atoms with Crippen molar-refractivity contribution in [3.8, 4) is 5.75 Å². The summed E-state index contributed by atoms with van der Waals surface area (Å²) in [5.41, 5.74) is -0.970. The van der Waals surface area contributed by atoms with Crippen LogP contribution in [0.2, 0.25) is 0 Å². The Morgan fingerprint density at radius 1 is 1.10 bits per heavy atom. The van der Waals surface area contributed by atoms with Crippen molar-refractivity contribution >= 4 is 34.0 Å². The fourth-order valence-corrected chi connectivity index (χ4v) is 3.25. The molecule has 0 radical (unpaired) electrons. The summed E-state index contributed by atoms with van der Waals surface area (Å²) >= 11 is 1.09. The summed E-state index contributed by atoms with van der Waals surface area (Å²) in [5, 5.41) is 6.67. The molecule has 0 unspecified atom stereocenters. The summed E-state index contributed by atoms with van der Waals surface area (Å²) in [6.07, 6.45) is -5.12. The lowest BCUT2D eigenvalue weighted by molar-refractivity contribution is -0.140. The number of aromatic nitrogens is 1. The van der Waals surface area contributed by atoms with E-state index in [4.69, 9.17) is 4.74 Å². The number of rotatable bonds is 6. The molecule has 0 aliphatic heterocycles. The standard InChI is InChI=1S/C20H15F4N3O3S/c1-30-14-5-2-11(3-6-14)18(29)27-19-26-13(10-31-19)9-17(28)25-12-4-7-16(21)15(8-12)20(22,23)24/h2-8,10H,9H2,1H3,(H,25,28)(H,26,27,29). The molecule has 2 N–H and O–H groups in total. The summed E-state index contributed by atoms with van der Waals surface area (Å²) in [4.78, 5) is 28.5. The van der Waals surface area contributed by atoms with Crippen LogP contribution in [0.4, 0.5) is 28.4 Å². The molecule has 31 heavy (non-hydrogen) atoms. The van der Waals surface area contributed by atoms with E-state index in [2.05, 4.69) is 15.6 Å². The van der Waals surface area contributed by atoms with Gasteiger partial charge in [0.1, 0.15) is 11.6 Å². The molecule has 0 spiro atoms. The van der Waals surface area contributed by atoms with Gasteiger partial charge in [0.05, 0.1) is 24.8 Å². The lowest BCUT2D eigenvalue weighted by Crippen LogP contribution is -2.16. The second-order valence-corrected chi connectivity index (χ2v) is 7.10. The predicted molar refractivity (Wildman–Crippen MR) is 107 cm³/mol. The first-order valence-electron chi connectivity index (χ1n) is 8.72. The maximum absolute atomic E-state index is 13.3. The second kappa shape index (κ2) is 9.13. The Bertz CT molecular complexity index is 1100. The number of hydrogen-bond donors (Lipinski definition) is 2. The van der Waals surface area contributed by atoms with Crippen molar-refractivity contribution in [2.24, 2.45) is 0 Å². The van der Waals surface area contributed by atoms with Crippen molar-refractivity contribution in [1.29, 1.82) is 0 Å². The molecule has 0 aliphatic carbocycles. The van der Waals surface area contributed by atoms with Gasteiger partial charge in [-0.3, -0.25) is 14.9 Å². The highest BCUT2D eigenvalue weighted by Gasteiger charge is 2.34. The minimum atomic E-state index is -4.88. The number of ether oxygens (including phenoxy) is 1. The monoisotopic (exact) mass is 453 g/mol. The van der Waals surface area contributed by atoms with Crippen LogP contribution in [0, 0.1) is 5.82 Å². The summed E-state index contributed by atoms with van der Waals surface area (Å²) in [5.74, 6) is -1.87. The predicted octanol–water partition coefficient (Wildman–Crippen LogP) is 4.74. The van der Waals surface area contributed by atoms with E-state index in [0.717, 1.165) is 17.4 Å². The zero-order valence-corrected chi connectivity index (χ0v) is 16.7. The minimum Gasteiger partial charge on any atom is -0.497 e. The molecule has 3 rings (SSSR count). The molecule has 6 nitrogen and oxygen atoms in total. The third kappa shape index (κ3) is 5.79. The molecule has 1 heterocycles. The molecular formula is C20H15F4N3O3S. The molecule has 2 amide bonds. The molecular weight excluding hydrogens is 438 g/mol. The van der Waals surface area contributed by atoms with Crippen LogP contribution < -0.4 is 15.4 Å². The van der Waals surface area contributed by atoms with Crippen molar-refractivity contribution in [2.75, 3.05) is 17.7 Å². The number of amides is 2. The number of methoxy groups -OCH3 is 1. The van der Waals surface area contributed by atoms with Crippen LogP contribution in [0.3, 0.4) is 0 Å². The number of alkyl halides is 3. The molecule has 0 saturated carbocycles.